The van der Waals surface area contributed by atoms with Crippen LogP contribution in [-0.4, -0.2) is 11.0 Å². The lowest BCUT2D eigenvalue weighted by atomic mass is 10.1. The molecule has 0 aliphatic rings. The number of anilines is 1. The van der Waals surface area contributed by atoms with Gasteiger partial charge in [-0.2, -0.15) is 0 Å². The van der Waals surface area contributed by atoms with Gasteiger partial charge < -0.3 is 5.32 Å². The van der Waals surface area contributed by atoms with Crippen molar-refractivity contribution in [3.63, 3.8) is 0 Å². The maximum Gasteiger partial charge on any atom is 0.258 e. The molecule has 2 rings (SSSR count). The molecule has 0 saturated heterocycles. The summed E-state index contributed by atoms with van der Waals surface area (Å²) in [7, 11) is 0. The molecule has 0 spiro atoms. The van der Waals surface area contributed by atoms with E-state index >= 15 is 0 Å². The number of amides is 1. The smallest absolute Gasteiger partial charge is 0.258 e. The Kier molecular flexibility index (Phi) is 5.77. The summed E-state index contributed by atoms with van der Waals surface area (Å²) >= 11 is 13.4. The minimum Gasteiger partial charge on any atom is -0.332 e. The van der Waals surface area contributed by atoms with Crippen LogP contribution in [0.25, 0.3) is 0 Å². The SMILES string of the molecule is Cc1cccc(C)c1NC(=S)NC(=O)c1cc(I)ccc1Cl. The maximum atomic E-state index is 12.3. The van der Waals surface area contributed by atoms with Crippen molar-refractivity contribution in [2.45, 2.75) is 13.8 Å². The van der Waals surface area contributed by atoms with Gasteiger partial charge in [-0.3, -0.25) is 10.1 Å². The van der Waals surface area contributed by atoms with E-state index in [1.54, 1.807) is 12.1 Å². The average molecular weight is 445 g/mol. The van der Waals surface area contributed by atoms with Crippen LogP contribution in [0, 0.1) is 17.4 Å². The van der Waals surface area contributed by atoms with Crippen molar-refractivity contribution in [2.75, 3.05) is 5.32 Å². The Morgan fingerprint density at radius 1 is 1.18 bits per heavy atom. The number of halogens is 2. The molecule has 6 heteroatoms. The zero-order valence-electron chi connectivity index (χ0n) is 12.0. The number of carbonyl (C=O) groups excluding carboxylic acids is 1. The van der Waals surface area contributed by atoms with Crippen molar-refractivity contribution in [3.05, 3.63) is 61.7 Å². The number of hydrogen-bond donors (Lipinski definition) is 2. The number of para-hydroxylation sites is 1. The lowest BCUT2D eigenvalue weighted by molar-refractivity contribution is 0.0978. The number of nitrogens with one attached hydrogen (secondary N) is 2. The lowest BCUT2D eigenvalue weighted by Crippen LogP contribution is -2.34. The molecule has 1 amide bonds. The van der Waals surface area contributed by atoms with E-state index in [1.807, 2.05) is 38.1 Å². The predicted octanol–water partition coefficient (Wildman–Crippen LogP) is 4.69. The summed E-state index contributed by atoms with van der Waals surface area (Å²) in [5.41, 5.74) is 3.42. The van der Waals surface area contributed by atoms with Crippen molar-refractivity contribution >= 4 is 63.1 Å². The van der Waals surface area contributed by atoms with Gasteiger partial charge in [-0.25, -0.2) is 0 Å². The molecule has 114 valence electrons. The van der Waals surface area contributed by atoms with Gasteiger partial charge in [0.1, 0.15) is 0 Å². The molecule has 3 nitrogen and oxygen atoms in total. The molecule has 0 atom stereocenters. The van der Waals surface area contributed by atoms with Crippen LogP contribution in [0.3, 0.4) is 0 Å². The van der Waals surface area contributed by atoms with Crippen LogP contribution in [-0.2, 0) is 0 Å². The topological polar surface area (TPSA) is 41.1 Å². The summed E-state index contributed by atoms with van der Waals surface area (Å²) in [6.07, 6.45) is 0. The first-order valence-corrected chi connectivity index (χ1v) is 8.38. The largest absolute Gasteiger partial charge is 0.332 e. The number of benzene rings is 2. The Morgan fingerprint density at radius 3 is 2.45 bits per heavy atom. The third-order valence-electron chi connectivity index (χ3n) is 3.12. The van der Waals surface area contributed by atoms with Gasteiger partial charge in [-0.15, -0.1) is 0 Å². The van der Waals surface area contributed by atoms with Crippen molar-refractivity contribution in [1.29, 1.82) is 0 Å². The number of hydrogen-bond acceptors (Lipinski definition) is 2. The lowest BCUT2D eigenvalue weighted by Gasteiger charge is -2.14. The fourth-order valence-corrected chi connectivity index (χ4v) is 2.89. The summed E-state index contributed by atoms with van der Waals surface area (Å²) in [5, 5.41) is 6.37. The fraction of sp³-hybridized carbons (Fsp3) is 0.125. The second-order valence-corrected chi connectivity index (χ2v) is 6.86. The van der Waals surface area contributed by atoms with E-state index in [4.69, 9.17) is 23.8 Å². The number of aryl methyl sites for hydroxylation is 2. The zero-order chi connectivity index (χ0) is 16.3. The van der Waals surface area contributed by atoms with Crippen LogP contribution >= 0.6 is 46.4 Å². The molecule has 0 fully saturated rings. The van der Waals surface area contributed by atoms with Crippen LogP contribution in [0.1, 0.15) is 21.5 Å². The Hall–Kier alpha value is -1.18. The highest BCUT2D eigenvalue weighted by Gasteiger charge is 2.13. The number of rotatable bonds is 2. The molecule has 2 aromatic carbocycles. The molecule has 0 heterocycles. The van der Waals surface area contributed by atoms with E-state index in [1.165, 1.54) is 0 Å². The Morgan fingerprint density at radius 2 is 1.82 bits per heavy atom. The normalized spacial score (nSPS) is 10.2. The Bertz CT molecular complexity index is 729. The van der Waals surface area contributed by atoms with E-state index < -0.39 is 0 Å². The Labute approximate surface area is 153 Å². The van der Waals surface area contributed by atoms with Gasteiger partial charge in [0.2, 0.25) is 0 Å². The number of carbonyl (C=O) groups is 1. The molecular weight excluding hydrogens is 431 g/mol. The van der Waals surface area contributed by atoms with Crippen molar-refractivity contribution in [1.82, 2.24) is 5.32 Å². The summed E-state index contributed by atoms with van der Waals surface area (Å²) in [5.74, 6) is -0.327. The average Bonchev–Trinajstić information content (AvgIpc) is 2.45. The van der Waals surface area contributed by atoms with Gasteiger partial charge in [0.15, 0.2) is 5.11 Å². The molecule has 0 bridgehead atoms. The van der Waals surface area contributed by atoms with Crippen LogP contribution in [0.5, 0.6) is 0 Å². The monoisotopic (exact) mass is 444 g/mol. The van der Waals surface area contributed by atoms with Gasteiger partial charge >= 0.3 is 0 Å². The van der Waals surface area contributed by atoms with Crippen molar-refractivity contribution in [2.24, 2.45) is 0 Å². The molecule has 0 aliphatic carbocycles. The summed E-state index contributed by atoms with van der Waals surface area (Å²) in [6, 6.07) is 11.2. The van der Waals surface area contributed by atoms with Gasteiger partial charge in [0.05, 0.1) is 10.6 Å². The molecule has 0 saturated carbocycles. The first kappa shape index (κ1) is 17.2. The minimum atomic E-state index is -0.327. The highest BCUT2D eigenvalue weighted by atomic mass is 127. The van der Waals surface area contributed by atoms with Gasteiger partial charge in [0.25, 0.3) is 5.91 Å². The van der Waals surface area contributed by atoms with Crippen LogP contribution in [0.2, 0.25) is 5.02 Å². The van der Waals surface area contributed by atoms with Gasteiger partial charge in [-0.05, 0) is 78.0 Å². The third-order valence-corrected chi connectivity index (χ3v) is 4.32. The van der Waals surface area contributed by atoms with E-state index in [-0.39, 0.29) is 11.0 Å². The van der Waals surface area contributed by atoms with Crippen LogP contribution < -0.4 is 10.6 Å². The quantitative estimate of drug-likeness (QED) is 0.522. The summed E-state index contributed by atoms with van der Waals surface area (Å²) in [6.45, 7) is 3.96. The van der Waals surface area contributed by atoms with Crippen LogP contribution in [0.15, 0.2) is 36.4 Å². The molecule has 2 N–H and O–H groups in total. The molecule has 0 radical (unpaired) electrons. The second-order valence-electron chi connectivity index (χ2n) is 4.80. The van der Waals surface area contributed by atoms with Gasteiger partial charge in [-0.1, -0.05) is 29.8 Å². The molecular formula is C16H14ClIN2OS. The van der Waals surface area contributed by atoms with Crippen LogP contribution in [0.4, 0.5) is 5.69 Å². The maximum absolute atomic E-state index is 12.3. The predicted molar refractivity (Wildman–Crippen MR) is 104 cm³/mol. The fourth-order valence-electron chi connectivity index (χ4n) is 2.00. The third kappa shape index (κ3) is 4.18. The van der Waals surface area contributed by atoms with E-state index in [9.17, 15) is 4.79 Å². The zero-order valence-corrected chi connectivity index (χ0v) is 15.8. The highest BCUT2D eigenvalue weighted by Crippen LogP contribution is 2.20. The minimum absolute atomic E-state index is 0.248. The number of thiocarbonyl (C=S) groups is 1. The molecule has 22 heavy (non-hydrogen) atoms. The van der Waals surface area contributed by atoms with Crippen molar-refractivity contribution in [3.8, 4) is 0 Å². The molecule has 2 aromatic rings. The van der Waals surface area contributed by atoms with E-state index in [0.717, 1.165) is 20.4 Å². The molecule has 0 aliphatic heterocycles. The first-order chi connectivity index (χ1) is 10.4. The highest BCUT2D eigenvalue weighted by molar-refractivity contribution is 14.1. The second kappa shape index (κ2) is 7.39. The van der Waals surface area contributed by atoms with Gasteiger partial charge in [0, 0.05) is 9.26 Å². The standard InChI is InChI=1S/C16H14ClIN2OS/c1-9-4-3-5-10(2)14(9)19-16(22)20-15(21)12-8-11(18)6-7-13(12)17/h3-8H,1-2H3,(H2,19,20,21,22). The Balaban J connectivity index is 2.12. The molecule has 0 aromatic heterocycles. The van der Waals surface area contributed by atoms with E-state index in [2.05, 4.69) is 33.2 Å². The van der Waals surface area contributed by atoms with Crippen molar-refractivity contribution < 1.29 is 4.79 Å². The summed E-state index contributed by atoms with van der Waals surface area (Å²) < 4.78 is 0.931. The molecule has 0 unspecified atom stereocenters. The first-order valence-electron chi connectivity index (χ1n) is 6.52. The summed E-state index contributed by atoms with van der Waals surface area (Å²) in [4.78, 5) is 12.3. The van der Waals surface area contributed by atoms with E-state index in [0.29, 0.717) is 10.6 Å².